The van der Waals surface area contributed by atoms with Crippen molar-refractivity contribution in [3.8, 4) is 0 Å². The van der Waals surface area contributed by atoms with E-state index in [0.29, 0.717) is 12.2 Å². The van der Waals surface area contributed by atoms with Gasteiger partial charge in [-0.1, -0.05) is 54.0 Å². The van der Waals surface area contributed by atoms with Gasteiger partial charge in [-0.05, 0) is 55.2 Å². The average Bonchev–Trinajstić information content (AvgIpc) is 2.76. The van der Waals surface area contributed by atoms with Gasteiger partial charge in [0.25, 0.3) is 0 Å². The molecule has 0 aromatic heterocycles. The molecule has 2 unspecified atom stereocenters. The molecule has 1 N–H and O–H groups in total. The summed E-state index contributed by atoms with van der Waals surface area (Å²) in [6.07, 6.45) is 1.32. The maximum atomic E-state index is 13.3. The molecule has 0 aliphatic rings. The van der Waals surface area contributed by atoms with Crippen LogP contribution in [0.25, 0.3) is 0 Å². The molecule has 0 fully saturated rings. The van der Waals surface area contributed by atoms with Gasteiger partial charge in [0.15, 0.2) is 0 Å². The Kier molecular flexibility index (Phi) is 10.5. The molecule has 0 spiro atoms. The first-order valence-corrected chi connectivity index (χ1v) is 12.4. The number of hydrogen-bond acceptors (Lipinski definition) is 3. The smallest absolute Gasteiger partial charge is 0.243 e. The molecule has 168 valence electrons. The summed E-state index contributed by atoms with van der Waals surface area (Å²) in [5, 5.41) is 2.99. The maximum absolute atomic E-state index is 13.3. The third-order valence-corrected chi connectivity index (χ3v) is 6.58. The van der Waals surface area contributed by atoms with E-state index in [-0.39, 0.29) is 36.0 Å². The van der Waals surface area contributed by atoms with E-state index in [1.54, 1.807) is 17.0 Å². The van der Waals surface area contributed by atoms with Gasteiger partial charge in [0, 0.05) is 22.8 Å². The van der Waals surface area contributed by atoms with Crippen molar-refractivity contribution in [1.29, 1.82) is 0 Å². The van der Waals surface area contributed by atoms with Crippen molar-refractivity contribution in [3.05, 3.63) is 69.9 Å². The minimum atomic E-state index is -0.570. The standard InChI is InChI=1S/C24H30BrFN2O2S/c1-4-17(3)27-24(30)22(5-2)28(14-18-8-12-21(26)13-9-18)23(29)16-31-15-19-6-10-20(25)11-7-19/h6-13,17,22H,4-5,14-16H2,1-3H3,(H,27,30). The molecule has 2 rings (SSSR count). The highest BCUT2D eigenvalue weighted by molar-refractivity contribution is 9.10. The summed E-state index contributed by atoms with van der Waals surface area (Å²) in [4.78, 5) is 27.7. The highest BCUT2D eigenvalue weighted by atomic mass is 79.9. The molecule has 0 bridgehead atoms. The number of nitrogens with one attached hydrogen (secondary N) is 1. The number of rotatable bonds is 11. The van der Waals surface area contributed by atoms with Crippen molar-refractivity contribution in [1.82, 2.24) is 10.2 Å². The quantitative estimate of drug-likeness (QED) is 0.433. The number of carbonyl (C=O) groups excluding carboxylic acids is 2. The highest BCUT2D eigenvalue weighted by Crippen LogP contribution is 2.19. The molecule has 0 saturated heterocycles. The predicted molar refractivity (Wildman–Crippen MR) is 129 cm³/mol. The van der Waals surface area contributed by atoms with Crippen LogP contribution in [-0.4, -0.2) is 34.6 Å². The van der Waals surface area contributed by atoms with Crippen LogP contribution in [0.1, 0.15) is 44.7 Å². The van der Waals surface area contributed by atoms with Crippen LogP contribution in [0.2, 0.25) is 0 Å². The second-order valence-corrected chi connectivity index (χ2v) is 9.41. The Morgan fingerprint density at radius 2 is 1.65 bits per heavy atom. The molecule has 2 amide bonds. The summed E-state index contributed by atoms with van der Waals surface area (Å²) in [7, 11) is 0. The first kappa shape index (κ1) is 25.4. The van der Waals surface area contributed by atoms with Gasteiger partial charge in [-0.2, -0.15) is 0 Å². The zero-order valence-corrected chi connectivity index (χ0v) is 20.6. The van der Waals surface area contributed by atoms with E-state index >= 15 is 0 Å². The van der Waals surface area contributed by atoms with Crippen molar-refractivity contribution in [2.75, 3.05) is 5.75 Å². The van der Waals surface area contributed by atoms with Crippen molar-refractivity contribution >= 4 is 39.5 Å². The fourth-order valence-electron chi connectivity index (χ4n) is 3.07. The number of hydrogen-bond donors (Lipinski definition) is 1. The topological polar surface area (TPSA) is 49.4 Å². The van der Waals surface area contributed by atoms with Gasteiger partial charge < -0.3 is 10.2 Å². The third kappa shape index (κ3) is 8.30. The average molecular weight is 509 g/mol. The van der Waals surface area contributed by atoms with Crippen LogP contribution in [0.15, 0.2) is 53.0 Å². The van der Waals surface area contributed by atoms with E-state index in [1.807, 2.05) is 45.0 Å². The van der Waals surface area contributed by atoms with Crippen LogP contribution < -0.4 is 5.32 Å². The predicted octanol–water partition coefficient (Wildman–Crippen LogP) is 5.54. The molecule has 0 radical (unpaired) electrons. The second-order valence-electron chi connectivity index (χ2n) is 7.51. The molecule has 2 atom stereocenters. The number of halogens is 2. The zero-order chi connectivity index (χ0) is 22.8. The molecule has 0 aliphatic heterocycles. The fourth-order valence-corrected chi connectivity index (χ4v) is 4.20. The van der Waals surface area contributed by atoms with Gasteiger partial charge in [-0.15, -0.1) is 11.8 Å². The zero-order valence-electron chi connectivity index (χ0n) is 18.2. The number of amides is 2. The van der Waals surface area contributed by atoms with Crippen molar-refractivity contribution < 1.29 is 14.0 Å². The van der Waals surface area contributed by atoms with E-state index in [1.165, 1.54) is 23.9 Å². The SMILES string of the molecule is CCC(C)NC(=O)C(CC)N(Cc1ccc(F)cc1)C(=O)CSCc1ccc(Br)cc1. The monoisotopic (exact) mass is 508 g/mol. The van der Waals surface area contributed by atoms with Gasteiger partial charge in [-0.3, -0.25) is 9.59 Å². The van der Waals surface area contributed by atoms with Crippen LogP contribution in [0, 0.1) is 5.82 Å². The van der Waals surface area contributed by atoms with Gasteiger partial charge in [-0.25, -0.2) is 4.39 Å². The minimum absolute atomic E-state index is 0.0381. The second kappa shape index (κ2) is 12.9. The van der Waals surface area contributed by atoms with Crippen molar-refractivity contribution in [3.63, 3.8) is 0 Å². The molecule has 0 heterocycles. The Bertz CT molecular complexity index is 846. The van der Waals surface area contributed by atoms with Crippen molar-refractivity contribution in [2.45, 2.75) is 58.0 Å². The van der Waals surface area contributed by atoms with Gasteiger partial charge >= 0.3 is 0 Å². The number of benzene rings is 2. The molecular weight excluding hydrogens is 479 g/mol. The summed E-state index contributed by atoms with van der Waals surface area (Å²) >= 11 is 4.94. The Hall–Kier alpha value is -1.86. The van der Waals surface area contributed by atoms with Gasteiger partial charge in [0.1, 0.15) is 11.9 Å². The Morgan fingerprint density at radius 3 is 2.23 bits per heavy atom. The molecule has 0 aliphatic carbocycles. The lowest BCUT2D eigenvalue weighted by atomic mass is 10.1. The summed E-state index contributed by atoms with van der Waals surface area (Å²) in [6.45, 7) is 6.13. The fraction of sp³-hybridized carbons (Fsp3) is 0.417. The van der Waals surface area contributed by atoms with Gasteiger partial charge in [0.05, 0.1) is 5.75 Å². The van der Waals surface area contributed by atoms with Crippen LogP contribution in [-0.2, 0) is 21.9 Å². The van der Waals surface area contributed by atoms with Crippen LogP contribution in [0.4, 0.5) is 4.39 Å². The number of carbonyl (C=O) groups is 2. The minimum Gasteiger partial charge on any atom is -0.352 e. The lowest BCUT2D eigenvalue weighted by molar-refractivity contribution is -0.139. The Labute approximate surface area is 197 Å². The first-order valence-electron chi connectivity index (χ1n) is 10.5. The molecule has 7 heteroatoms. The lowest BCUT2D eigenvalue weighted by Crippen LogP contribution is -2.51. The maximum Gasteiger partial charge on any atom is 0.243 e. The van der Waals surface area contributed by atoms with E-state index in [9.17, 15) is 14.0 Å². The van der Waals surface area contributed by atoms with E-state index in [4.69, 9.17) is 0 Å². The van der Waals surface area contributed by atoms with Crippen LogP contribution >= 0.6 is 27.7 Å². The number of nitrogens with zero attached hydrogens (tertiary/aromatic N) is 1. The normalized spacial score (nSPS) is 12.8. The molecule has 2 aromatic carbocycles. The summed E-state index contributed by atoms with van der Waals surface area (Å²) in [5.41, 5.74) is 1.93. The highest BCUT2D eigenvalue weighted by Gasteiger charge is 2.29. The Morgan fingerprint density at radius 1 is 1.03 bits per heavy atom. The molecule has 0 saturated carbocycles. The summed E-state index contributed by atoms with van der Waals surface area (Å²) in [5.74, 6) is 0.403. The molecule has 4 nitrogen and oxygen atoms in total. The molecular formula is C24H30BrFN2O2S. The lowest BCUT2D eigenvalue weighted by Gasteiger charge is -2.31. The number of thioether (sulfide) groups is 1. The summed E-state index contributed by atoms with van der Waals surface area (Å²) < 4.78 is 14.3. The van der Waals surface area contributed by atoms with Gasteiger partial charge in [0.2, 0.25) is 11.8 Å². The third-order valence-electron chi connectivity index (χ3n) is 5.06. The molecule has 31 heavy (non-hydrogen) atoms. The largest absolute Gasteiger partial charge is 0.352 e. The summed E-state index contributed by atoms with van der Waals surface area (Å²) in [6, 6.07) is 13.5. The van der Waals surface area contributed by atoms with E-state index in [0.717, 1.165) is 22.0 Å². The van der Waals surface area contributed by atoms with E-state index < -0.39 is 6.04 Å². The molecule has 2 aromatic rings. The first-order chi connectivity index (χ1) is 14.8. The Balaban J connectivity index is 2.12. The van der Waals surface area contributed by atoms with E-state index in [2.05, 4.69) is 21.2 Å². The van der Waals surface area contributed by atoms with Crippen molar-refractivity contribution in [2.24, 2.45) is 0 Å². The van der Waals surface area contributed by atoms with Crippen LogP contribution in [0.3, 0.4) is 0 Å². The van der Waals surface area contributed by atoms with Crippen LogP contribution in [0.5, 0.6) is 0 Å².